The number of nitrogens with zero attached hydrogens (tertiary/aromatic N) is 4. The summed E-state index contributed by atoms with van der Waals surface area (Å²) in [5, 5.41) is 10.2. The number of rotatable bonds is 5. The van der Waals surface area contributed by atoms with Crippen LogP contribution in [0.25, 0.3) is 11.6 Å². The van der Waals surface area contributed by atoms with Crippen molar-refractivity contribution in [2.75, 3.05) is 13.7 Å². The highest BCUT2D eigenvalue weighted by Gasteiger charge is 2.13. The summed E-state index contributed by atoms with van der Waals surface area (Å²) in [6.45, 7) is 2.72. The minimum Gasteiger partial charge on any atom is -0.384 e. The van der Waals surface area contributed by atoms with Gasteiger partial charge in [-0.3, -0.25) is 5.10 Å². The molecule has 1 N–H and O–H groups in total. The fourth-order valence-corrected chi connectivity index (χ4v) is 1.39. The highest BCUT2D eigenvalue weighted by molar-refractivity contribution is 5.39. The molecule has 0 saturated heterocycles. The average Bonchev–Trinajstić information content (AvgIpc) is 2.86. The van der Waals surface area contributed by atoms with Gasteiger partial charge in [0.25, 0.3) is 0 Å². The Bertz CT molecular complexity index is 425. The third-order valence-electron chi connectivity index (χ3n) is 2.07. The Morgan fingerprint density at radius 3 is 3.12 bits per heavy atom. The van der Waals surface area contributed by atoms with Gasteiger partial charge in [0, 0.05) is 20.1 Å². The number of ether oxygens (including phenoxy) is 1. The number of aromatic nitrogens is 5. The van der Waals surface area contributed by atoms with Crippen molar-refractivity contribution in [3.63, 3.8) is 0 Å². The molecule has 2 heterocycles. The Labute approximate surface area is 92.2 Å². The Morgan fingerprint density at radius 1 is 1.56 bits per heavy atom. The van der Waals surface area contributed by atoms with Crippen molar-refractivity contribution >= 4 is 0 Å². The molecular formula is C9H13N5O2. The van der Waals surface area contributed by atoms with Crippen LogP contribution in [0.3, 0.4) is 0 Å². The SMILES string of the molecule is COCC(C)Cc1nc(-c2ncn[nH]2)no1. The summed E-state index contributed by atoms with van der Waals surface area (Å²) < 4.78 is 10.1. The van der Waals surface area contributed by atoms with Crippen molar-refractivity contribution in [3.8, 4) is 11.6 Å². The maximum absolute atomic E-state index is 5.10. The molecule has 0 bridgehead atoms. The van der Waals surface area contributed by atoms with Crippen molar-refractivity contribution < 1.29 is 9.26 Å². The molecule has 0 saturated carbocycles. The average molecular weight is 223 g/mol. The lowest BCUT2D eigenvalue weighted by Gasteiger charge is -2.05. The van der Waals surface area contributed by atoms with Crippen molar-refractivity contribution in [2.24, 2.45) is 5.92 Å². The molecule has 0 aromatic carbocycles. The third-order valence-corrected chi connectivity index (χ3v) is 2.07. The van der Waals surface area contributed by atoms with E-state index in [9.17, 15) is 0 Å². The number of H-pyrrole nitrogens is 1. The van der Waals surface area contributed by atoms with E-state index in [0.717, 1.165) is 0 Å². The van der Waals surface area contributed by atoms with Crippen LogP contribution in [-0.4, -0.2) is 39.0 Å². The summed E-state index contributed by atoms with van der Waals surface area (Å²) in [7, 11) is 1.67. The lowest BCUT2D eigenvalue weighted by molar-refractivity contribution is 0.155. The molecule has 2 rings (SSSR count). The fourth-order valence-electron chi connectivity index (χ4n) is 1.39. The second kappa shape index (κ2) is 4.84. The van der Waals surface area contributed by atoms with Gasteiger partial charge >= 0.3 is 0 Å². The Kier molecular flexibility index (Phi) is 3.25. The van der Waals surface area contributed by atoms with Crippen LogP contribution in [0.5, 0.6) is 0 Å². The summed E-state index contributed by atoms with van der Waals surface area (Å²) in [6, 6.07) is 0. The molecule has 86 valence electrons. The van der Waals surface area contributed by atoms with Crippen LogP contribution in [0.4, 0.5) is 0 Å². The molecule has 16 heavy (non-hydrogen) atoms. The van der Waals surface area contributed by atoms with E-state index in [0.29, 0.717) is 36.5 Å². The van der Waals surface area contributed by atoms with E-state index < -0.39 is 0 Å². The van der Waals surface area contributed by atoms with Crippen LogP contribution in [0.2, 0.25) is 0 Å². The maximum Gasteiger partial charge on any atom is 0.239 e. The molecule has 2 aromatic heterocycles. The van der Waals surface area contributed by atoms with Gasteiger partial charge in [-0.2, -0.15) is 10.1 Å². The summed E-state index contributed by atoms with van der Waals surface area (Å²) in [5.41, 5.74) is 0. The first kappa shape index (κ1) is 10.7. The van der Waals surface area contributed by atoms with E-state index in [2.05, 4.69) is 32.2 Å². The van der Waals surface area contributed by atoms with E-state index in [1.807, 2.05) is 0 Å². The van der Waals surface area contributed by atoms with Crippen LogP contribution in [0.1, 0.15) is 12.8 Å². The molecule has 1 unspecified atom stereocenters. The standard InChI is InChI=1S/C9H13N5O2/c1-6(4-15-2)3-7-12-9(14-16-7)8-10-5-11-13-8/h5-6H,3-4H2,1-2H3,(H,10,11,13). The summed E-state index contributed by atoms with van der Waals surface area (Å²) >= 11 is 0. The molecule has 0 spiro atoms. The molecule has 0 radical (unpaired) electrons. The van der Waals surface area contributed by atoms with Crippen LogP contribution < -0.4 is 0 Å². The van der Waals surface area contributed by atoms with Gasteiger partial charge in [0.05, 0.1) is 0 Å². The second-order valence-corrected chi connectivity index (χ2v) is 3.61. The fraction of sp³-hybridized carbons (Fsp3) is 0.556. The Morgan fingerprint density at radius 2 is 2.44 bits per heavy atom. The highest BCUT2D eigenvalue weighted by atomic mass is 16.5. The van der Waals surface area contributed by atoms with Crippen LogP contribution >= 0.6 is 0 Å². The third kappa shape index (κ3) is 2.43. The first-order valence-corrected chi connectivity index (χ1v) is 4.97. The minimum atomic E-state index is 0.341. The van der Waals surface area contributed by atoms with E-state index in [1.165, 1.54) is 6.33 Å². The summed E-state index contributed by atoms with van der Waals surface area (Å²) in [5.74, 6) is 1.86. The normalized spacial score (nSPS) is 12.9. The molecule has 7 nitrogen and oxygen atoms in total. The zero-order chi connectivity index (χ0) is 11.4. The predicted molar refractivity (Wildman–Crippen MR) is 54.4 cm³/mol. The number of hydrogen-bond donors (Lipinski definition) is 1. The van der Waals surface area contributed by atoms with Crippen LogP contribution in [0.15, 0.2) is 10.9 Å². The Balaban J connectivity index is 2.03. The topological polar surface area (TPSA) is 89.7 Å². The molecule has 2 aromatic rings. The largest absolute Gasteiger partial charge is 0.384 e. The lowest BCUT2D eigenvalue weighted by Crippen LogP contribution is -2.07. The van der Waals surface area contributed by atoms with Gasteiger partial charge < -0.3 is 9.26 Å². The van der Waals surface area contributed by atoms with Crippen molar-refractivity contribution in [2.45, 2.75) is 13.3 Å². The quantitative estimate of drug-likeness (QED) is 0.801. The van der Waals surface area contributed by atoms with Gasteiger partial charge in [-0.15, -0.1) is 0 Å². The first-order chi connectivity index (χ1) is 7.79. The van der Waals surface area contributed by atoms with Crippen LogP contribution in [0, 0.1) is 5.92 Å². The molecule has 0 fully saturated rings. The van der Waals surface area contributed by atoms with E-state index >= 15 is 0 Å². The zero-order valence-corrected chi connectivity index (χ0v) is 9.17. The van der Waals surface area contributed by atoms with E-state index in [1.54, 1.807) is 7.11 Å². The van der Waals surface area contributed by atoms with Crippen molar-refractivity contribution in [3.05, 3.63) is 12.2 Å². The van der Waals surface area contributed by atoms with Gasteiger partial charge in [-0.25, -0.2) is 4.98 Å². The van der Waals surface area contributed by atoms with Crippen LogP contribution in [-0.2, 0) is 11.2 Å². The number of hydrogen-bond acceptors (Lipinski definition) is 6. The number of nitrogens with one attached hydrogen (secondary N) is 1. The maximum atomic E-state index is 5.10. The Hall–Kier alpha value is -1.76. The van der Waals surface area contributed by atoms with Gasteiger partial charge in [-0.05, 0) is 5.92 Å². The first-order valence-electron chi connectivity index (χ1n) is 4.97. The zero-order valence-electron chi connectivity index (χ0n) is 9.17. The number of aromatic amines is 1. The highest BCUT2D eigenvalue weighted by Crippen LogP contribution is 2.12. The van der Waals surface area contributed by atoms with Gasteiger partial charge in [0.15, 0.2) is 5.82 Å². The van der Waals surface area contributed by atoms with Gasteiger partial charge in [0.1, 0.15) is 6.33 Å². The summed E-state index contributed by atoms with van der Waals surface area (Å²) in [4.78, 5) is 8.15. The lowest BCUT2D eigenvalue weighted by atomic mass is 10.1. The van der Waals surface area contributed by atoms with Gasteiger partial charge in [0.2, 0.25) is 11.7 Å². The molecule has 0 aliphatic heterocycles. The van der Waals surface area contributed by atoms with Crippen molar-refractivity contribution in [1.29, 1.82) is 0 Å². The number of methoxy groups -OCH3 is 1. The van der Waals surface area contributed by atoms with E-state index in [-0.39, 0.29) is 0 Å². The molecule has 0 amide bonds. The minimum absolute atomic E-state index is 0.341. The predicted octanol–water partition coefficient (Wildman–Crippen LogP) is 0.680. The second-order valence-electron chi connectivity index (χ2n) is 3.61. The molecule has 7 heteroatoms. The summed E-state index contributed by atoms with van der Waals surface area (Å²) in [6.07, 6.45) is 2.09. The van der Waals surface area contributed by atoms with Gasteiger partial charge in [-0.1, -0.05) is 12.1 Å². The molecular weight excluding hydrogens is 210 g/mol. The monoisotopic (exact) mass is 223 g/mol. The molecule has 1 atom stereocenters. The molecule has 0 aliphatic carbocycles. The smallest absolute Gasteiger partial charge is 0.239 e. The molecule has 0 aliphatic rings. The van der Waals surface area contributed by atoms with Crippen molar-refractivity contribution in [1.82, 2.24) is 25.3 Å². The van der Waals surface area contributed by atoms with E-state index in [4.69, 9.17) is 9.26 Å².